The number of anilines is 1. The predicted molar refractivity (Wildman–Crippen MR) is 53.1 cm³/mol. The van der Waals surface area contributed by atoms with E-state index in [2.05, 4.69) is 5.32 Å². The first-order valence-corrected chi connectivity index (χ1v) is 4.51. The summed E-state index contributed by atoms with van der Waals surface area (Å²) in [6, 6.07) is 5.62. The minimum Gasteiger partial charge on any atom is -0.423 e. The highest BCUT2D eigenvalue weighted by molar-refractivity contribution is 6.60. The Balaban J connectivity index is 2.46. The maximum absolute atomic E-state index is 9.10. The van der Waals surface area contributed by atoms with Crippen molar-refractivity contribution >= 4 is 18.3 Å². The molecule has 1 aliphatic heterocycles. The molecule has 0 radical (unpaired) electrons. The molecule has 0 atom stereocenters. The van der Waals surface area contributed by atoms with Gasteiger partial charge in [-0.2, -0.15) is 0 Å². The molecule has 1 aromatic carbocycles. The number of fused-ring (bicyclic) bond motifs is 1. The molecule has 2 rings (SSSR count). The molecule has 68 valence electrons. The summed E-state index contributed by atoms with van der Waals surface area (Å²) in [6.07, 6.45) is 2.13. The van der Waals surface area contributed by atoms with E-state index in [1.165, 1.54) is 5.56 Å². The number of rotatable bonds is 1. The zero-order valence-corrected chi connectivity index (χ0v) is 7.33. The normalized spacial score (nSPS) is 14.6. The standard InChI is InChI=1S/C9H12BNO2/c12-10(13)8-5-1-3-7-4-2-6-11-9(7)8/h1,3,5,11-13H,2,4,6H2. The first-order chi connectivity index (χ1) is 6.29. The number of nitrogens with one attached hydrogen (secondary N) is 1. The quantitative estimate of drug-likeness (QED) is 0.517. The maximum Gasteiger partial charge on any atom is 0.490 e. The van der Waals surface area contributed by atoms with Crippen molar-refractivity contribution < 1.29 is 10.0 Å². The highest BCUT2D eigenvalue weighted by Crippen LogP contribution is 2.19. The molecule has 4 heteroatoms. The van der Waals surface area contributed by atoms with E-state index in [0.717, 1.165) is 25.1 Å². The van der Waals surface area contributed by atoms with Gasteiger partial charge in [0.25, 0.3) is 0 Å². The molecular formula is C9H12BNO2. The van der Waals surface area contributed by atoms with Crippen molar-refractivity contribution in [3.8, 4) is 0 Å². The first kappa shape index (κ1) is 8.60. The van der Waals surface area contributed by atoms with E-state index in [0.29, 0.717) is 5.46 Å². The van der Waals surface area contributed by atoms with Gasteiger partial charge in [0.1, 0.15) is 0 Å². The van der Waals surface area contributed by atoms with Gasteiger partial charge in [0.2, 0.25) is 0 Å². The fourth-order valence-electron chi connectivity index (χ4n) is 1.75. The van der Waals surface area contributed by atoms with Crippen LogP contribution >= 0.6 is 0 Å². The number of hydrogen-bond donors (Lipinski definition) is 3. The third-order valence-electron chi connectivity index (χ3n) is 2.39. The average Bonchev–Trinajstić information content (AvgIpc) is 2.17. The third kappa shape index (κ3) is 1.55. The van der Waals surface area contributed by atoms with Gasteiger partial charge < -0.3 is 15.4 Å². The van der Waals surface area contributed by atoms with Crippen molar-refractivity contribution in [3.63, 3.8) is 0 Å². The molecule has 3 nitrogen and oxygen atoms in total. The molecule has 13 heavy (non-hydrogen) atoms. The van der Waals surface area contributed by atoms with Gasteiger partial charge >= 0.3 is 7.12 Å². The molecule has 3 N–H and O–H groups in total. The summed E-state index contributed by atoms with van der Waals surface area (Å²) in [5.74, 6) is 0. The fraction of sp³-hybridized carbons (Fsp3) is 0.333. The fourth-order valence-corrected chi connectivity index (χ4v) is 1.75. The van der Waals surface area contributed by atoms with E-state index in [4.69, 9.17) is 10.0 Å². The van der Waals surface area contributed by atoms with Crippen LogP contribution in [0.3, 0.4) is 0 Å². The Hall–Kier alpha value is -0.995. The lowest BCUT2D eigenvalue weighted by Gasteiger charge is -2.20. The molecule has 1 aliphatic rings. The van der Waals surface area contributed by atoms with Crippen LogP contribution in [0, 0.1) is 0 Å². The van der Waals surface area contributed by atoms with E-state index in [1.807, 2.05) is 12.1 Å². The van der Waals surface area contributed by atoms with Gasteiger partial charge in [0.15, 0.2) is 0 Å². The Morgan fingerprint density at radius 3 is 2.92 bits per heavy atom. The van der Waals surface area contributed by atoms with E-state index < -0.39 is 7.12 Å². The van der Waals surface area contributed by atoms with Crippen molar-refractivity contribution in [3.05, 3.63) is 23.8 Å². The lowest BCUT2D eigenvalue weighted by Crippen LogP contribution is -2.34. The lowest BCUT2D eigenvalue weighted by atomic mass is 9.77. The Labute approximate surface area is 77.6 Å². The van der Waals surface area contributed by atoms with Gasteiger partial charge in [-0.3, -0.25) is 0 Å². The molecule has 1 aromatic rings. The van der Waals surface area contributed by atoms with Crippen molar-refractivity contribution in [1.82, 2.24) is 0 Å². The van der Waals surface area contributed by atoms with Crippen LogP contribution in [0.1, 0.15) is 12.0 Å². The van der Waals surface area contributed by atoms with Gasteiger partial charge in [-0.15, -0.1) is 0 Å². The summed E-state index contributed by atoms with van der Waals surface area (Å²) in [4.78, 5) is 0. The zero-order chi connectivity index (χ0) is 9.26. The van der Waals surface area contributed by atoms with Gasteiger partial charge in [0.05, 0.1) is 0 Å². The number of benzene rings is 1. The van der Waals surface area contributed by atoms with Crippen molar-refractivity contribution in [2.75, 3.05) is 11.9 Å². The van der Waals surface area contributed by atoms with Gasteiger partial charge in [-0.05, 0) is 18.4 Å². The first-order valence-electron chi connectivity index (χ1n) is 4.51. The number of aryl methyl sites for hydroxylation is 1. The van der Waals surface area contributed by atoms with Crippen LogP contribution in [0.4, 0.5) is 5.69 Å². The molecule has 0 fully saturated rings. The molecule has 0 saturated heterocycles. The van der Waals surface area contributed by atoms with E-state index in [9.17, 15) is 0 Å². The summed E-state index contributed by atoms with van der Waals surface area (Å²) < 4.78 is 0. The third-order valence-corrected chi connectivity index (χ3v) is 2.39. The Bertz CT molecular complexity index is 314. The Morgan fingerprint density at radius 2 is 2.15 bits per heavy atom. The Morgan fingerprint density at radius 1 is 1.31 bits per heavy atom. The minimum atomic E-state index is -1.37. The number of para-hydroxylation sites is 1. The largest absolute Gasteiger partial charge is 0.490 e. The molecule has 0 aromatic heterocycles. The molecule has 0 amide bonds. The topological polar surface area (TPSA) is 52.5 Å². The van der Waals surface area contributed by atoms with E-state index in [-0.39, 0.29) is 0 Å². The summed E-state index contributed by atoms with van der Waals surface area (Å²) in [6.45, 7) is 0.913. The molecule has 0 spiro atoms. The minimum absolute atomic E-state index is 0.581. The van der Waals surface area contributed by atoms with Crippen LogP contribution in [0.5, 0.6) is 0 Å². The summed E-state index contributed by atoms with van der Waals surface area (Å²) in [5.41, 5.74) is 2.66. The smallest absolute Gasteiger partial charge is 0.423 e. The summed E-state index contributed by atoms with van der Waals surface area (Å²) >= 11 is 0. The van der Waals surface area contributed by atoms with Crippen molar-refractivity contribution in [2.24, 2.45) is 0 Å². The number of hydrogen-bond acceptors (Lipinski definition) is 3. The van der Waals surface area contributed by atoms with E-state index >= 15 is 0 Å². The zero-order valence-electron chi connectivity index (χ0n) is 7.33. The van der Waals surface area contributed by atoms with Crippen LogP contribution in [-0.2, 0) is 6.42 Å². The summed E-state index contributed by atoms with van der Waals surface area (Å²) in [5, 5.41) is 21.4. The highest BCUT2D eigenvalue weighted by Gasteiger charge is 2.19. The predicted octanol–water partition coefficient (Wildman–Crippen LogP) is -0.276. The van der Waals surface area contributed by atoms with Gasteiger partial charge in [-0.25, -0.2) is 0 Å². The van der Waals surface area contributed by atoms with Gasteiger partial charge in [0, 0.05) is 17.7 Å². The van der Waals surface area contributed by atoms with Crippen LogP contribution in [0.25, 0.3) is 0 Å². The molecular weight excluding hydrogens is 165 g/mol. The Kier molecular flexibility index (Phi) is 2.25. The lowest BCUT2D eigenvalue weighted by molar-refractivity contribution is 0.426. The van der Waals surface area contributed by atoms with E-state index in [1.54, 1.807) is 6.07 Å². The molecule has 1 heterocycles. The highest BCUT2D eigenvalue weighted by atomic mass is 16.4. The second kappa shape index (κ2) is 3.40. The van der Waals surface area contributed by atoms with Crippen molar-refractivity contribution in [1.29, 1.82) is 0 Å². The second-order valence-corrected chi connectivity index (χ2v) is 3.29. The van der Waals surface area contributed by atoms with Crippen molar-refractivity contribution in [2.45, 2.75) is 12.8 Å². The summed E-state index contributed by atoms with van der Waals surface area (Å²) in [7, 11) is -1.37. The maximum atomic E-state index is 9.10. The monoisotopic (exact) mass is 177 g/mol. The molecule has 0 unspecified atom stereocenters. The van der Waals surface area contributed by atoms with Crippen LogP contribution in [0.2, 0.25) is 0 Å². The van der Waals surface area contributed by atoms with Crippen LogP contribution < -0.4 is 10.8 Å². The van der Waals surface area contributed by atoms with Crippen LogP contribution in [0.15, 0.2) is 18.2 Å². The average molecular weight is 177 g/mol. The van der Waals surface area contributed by atoms with Gasteiger partial charge in [-0.1, -0.05) is 18.2 Å². The molecule has 0 aliphatic carbocycles. The second-order valence-electron chi connectivity index (χ2n) is 3.29. The molecule has 0 bridgehead atoms. The van der Waals surface area contributed by atoms with Crippen LogP contribution in [-0.4, -0.2) is 23.7 Å². The molecule has 0 saturated carbocycles. The SMILES string of the molecule is OB(O)c1cccc2c1NCCC2.